The number of piperidine rings is 1. The zero-order chi connectivity index (χ0) is 26.1. The number of halogens is 1. The Hall–Kier alpha value is -4.35. The van der Waals surface area contributed by atoms with Crippen molar-refractivity contribution in [1.29, 1.82) is 10.5 Å². The first-order valence-electron chi connectivity index (χ1n) is 11.6. The zero-order valence-corrected chi connectivity index (χ0v) is 21.0. The molecule has 1 fully saturated rings. The molecule has 186 valence electrons. The van der Waals surface area contributed by atoms with Crippen LogP contribution in [0, 0.1) is 35.4 Å². The van der Waals surface area contributed by atoms with Crippen LogP contribution in [0.1, 0.15) is 35.7 Å². The normalized spacial score (nSPS) is 15.4. The molecular formula is C26H22FN7O2S. The Labute approximate surface area is 216 Å². The van der Waals surface area contributed by atoms with Crippen molar-refractivity contribution in [3.63, 3.8) is 0 Å². The lowest BCUT2D eigenvalue weighted by Crippen LogP contribution is -2.40. The van der Waals surface area contributed by atoms with Crippen molar-refractivity contribution in [2.45, 2.75) is 35.6 Å². The number of fused-ring (bicyclic) bond motifs is 1. The smallest absolute Gasteiger partial charge is 0.409 e. The number of nitrogens with zero attached hydrogens (tertiary/aromatic N) is 7. The lowest BCUT2D eigenvalue weighted by atomic mass is 10.1. The van der Waals surface area contributed by atoms with E-state index in [4.69, 9.17) is 9.84 Å². The number of amides is 1. The minimum absolute atomic E-state index is 0.0187. The Bertz CT molecular complexity index is 1600. The van der Waals surface area contributed by atoms with Crippen molar-refractivity contribution in [2.75, 3.05) is 20.2 Å². The first-order chi connectivity index (χ1) is 17.9. The molecule has 0 unspecified atom stereocenters. The highest BCUT2D eigenvalue weighted by Gasteiger charge is 2.27. The Kier molecular flexibility index (Phi) is 6.55. The van der Waals surface area contributed by atoms with E-state index >= 15 is 0 Å². The summed E-state index contributed by atoms with van der Waals surface area (Å²) in [6.07, 6.45) is 6.70. The third-order valence-corrected chi connectivity index (χ3v) is 7.52. The Morgan fingerprint density at radius 2 is 2.00 bits per heavy atom. The van der Waals surface area contributed by atoms with Gasteiger partial charge in [0, 0.05) is 46.4 Å². The minimum atomic E-state index is -0.488. The second-order valence-electron chi connectivity index (χ2n) is 8.73. The molecule has 9 nitrogen and oxygen atoms in total. The van der Waals surface area contributed by atoms with Crippen molar-refractivity contribution in [3.05, 3.63) is 65.5 Å². The van der Waals surface area contributed by atoms with Gasteiger partial charge in [0.05, 0.1) is 41.7 Å². The van der Waals surface area contributed by atoms with E-state index in [1.807, 2.05) is 36.1 Å². The molecule has 1 atom stereocenters. The fraction of sp³-hybridized carbons (Fsp3) is 0.269. The molecule has 3 aromatic heterocycles. The zero-order valence-electron chi connectivity index (χ0n) is 20.2. The van der Waals surface area contributed by atoms with Gasteiger partial charge in [-0.2, -0.15) is 20.7 Å². The Morgan fingerprint density at radius 3 is 2.76 bits per heavy atom. The number of nitriles is 2. The van der Waals surface area contributed by atoms with Crippen molar-refractivity contribution in [3.8, 4) is 23.3 Å². The number of carbonyl (C=O) groups is 1. The average Bonchev–Trinajstić information content (AvgIpc) is 3.52. The van der Waals surface area contributed by atoms with Gasteiger partial charge in [0.15, 0.2) is 0 Å². The molecule has 4 heterocycles. The van der Waals surface area contributed by atoms with Crippen LogP contribution in [0.5, 0.6) is 0 Å². The van der Waals surface area contributed by atoms with Gasteiger partial charge in [-0.05, 0) is 44.0 Å². The fourth-order valence-corrected chi connectivity index (χ4v) is 5.68. The van der Waals surface area contributed by atoms with E-state index in [-0.39, 0.29) is 17.7 Å². The predicted molar refractivity (Wildman–Crippen MR) is 133 cm³/mol. The van der Waals surface area contributed by atoms with Gasteiger partial charge in [0.1, 0.15) is 18.0 Å². The highest BCUT2D eigenvalue weighted by molar-refractivity contribution is 7.99. The Morgan fingerprint density at radius 1 is 1.19 bits per heavy atom. The summed E-state index contributed by atoms with van der Waals surface area (Å²) in [7, 11) is 1.38. The standard InChI is InChI=1S/C26H22FN7O2S/c1-16-22(15-33(31-16)21-4-3-7-32(14-21)26(35)36-2)18-9-24(25-19(11-29)12-30-34(25)13-18)37-23-6-5-20(27)8-17(23)10-28/h5-6,8-9,12-13,15,21H,3-4,7,14H2,1-2H3/t21-/m0/s1. The average molecular weight is 516 g/mol. The number of ether oxygens (including phenoxy) is 1. The van der Waals surface area contributed by atoms with E-state index < -0.39 is 5.82 Å². The van der Waals surface area contributed by atoms with Crippen molar-refractivity contribution < 1.29 is 13.9 Å². The number of aryl methyl sites for hydroxylation is 1. The molecule has 1 aliphatic rings. The van der Waals surface area contributed by atoms with E-state index in [2.05, 4.69) is 11.2 Å². The maximum atomic E-state index is 13.7. The number of hydrogen-bond donors (Lipinski definition) is 0. The number of carbonyl (C=O) groups excluding carboxylic acids is 1. The Balaban J connectivity index is 1.56. The van der Waals surface area contributed by atoms with E-state index in [9.17, 15) is 19.7 Å². The van der Waals surface area contributed by atoms with Gasteiger partial charge >= 0.3 is 6.09 Å². The highest BCUT2D eigenvalue weighted by atomic mass is 32.2. The van der Waals surface area contributed by atoms with Gasteiger partial charge in [-0.25, -0.2) is 13.7 Å². The van der Waals surface area contributed by atoms with E-state index in [0.29, 0.717) is 34.0 Å². The van der Waals surface area contributed by atoms with E-state index in [1.54, 1.807) is 15.5 Å². The number of hydrogen-bond acceptors (Lipinski definition) is 7. The van der Waals surface area contributed by atoms with Crippen LogP contribution >= 0.6 is 11.8 Å². The van der Waals surface area contributed by atoms with Crippen LogP contribution in [0.3, 0.4) is 0 Å². The van der Waals surface area contributed by atoms with Crippen LogP contribution < -0.4 is 0 Å². The largest absolute Gasteiger partial charge is 0.453 e. The summed E-state index contributed by atoms with van der Waals surface area (Å²) in [4.78, 5) is 15.0. The monoisotopic (exact) mass is 515 g/mol. The van der Waals surface area contributed by atoms with Crippen molar-refractivity contribution >= 4 is 23.4 Å². The second-order valence-corrected chi connectivity index (χ2v) is 9.81. The molecule has 0 bridgehead atoms. The summed E-state index contributed by atoms with van der Waals surface area (Å²) in [5.74, 6) is -0.488. The van der Waals surface area contributed by atoms with Crippen LogP contribution in [-0.4, -0.2) is 50.6 Å². The van der Waals surface area contributed by atoms with Crippen LogP contribution in [0.4, 0.5) is 9.18 Å². The van der Waals surface area contributed by atoms with Gasteiger partial charge in [-0.1, -0.05) is 11.8 Å². The summed E-state index contributed by atoms with van der Waals surface area (Å²) in [6, 6.07) is 10.2. The second kappa shape index (κ2) is 9.96. The molecule has 1 aliphatic heterocycles. The highest BCUT2D eigenvalue weighted by Crippen LogP contribution is 2.38. The third kappa shape index (κ3) is 4.61. The molecule has 1 amide bonds. The molecule has 1 aromatic carbocycles. The van der Waals surface area contributed by atoms with Crippen LogP contribution in [0.15, 0.2) is 52.6 Å². The van der Waals surface area contributed by atoms with Gasteiger partial charge in [0.25, 0.3) is 0 Å². The number of methoxy groups -OCH3 is 1. The topological polar surface area (TPSA) is 112 Å². The fourth-order valence-electron chi connectivity index (χ4n) is 4.61. The van der Waals surface area contributed by atoms with Crippen molar-refractivity contribution in [1.82, 2.24) is 24.3 Å². The van der Waals surface area contributed by atoms with E-state index in [1.165, 1.54) is 37.2 Å². The number of pyridine rings is 1. The van der Waals surface area contributed by atoms with Crippen LogP contribution in [-0.2, 0) is 4.74 Å². The first kappa shape index (κ1) is 24.3. The number of rotatable bonds is 4. The summed E-state index contributed by atoms with van der Waals surface area (Å²) < 4.78 is 22.1. The number of aromatic nitrogens is 4. The maximum absolute atomic E-state index is 13.7. The molecule has 0 radical (unpaired) electrons. The maximum Gasteiger partial charge on any atom is 0.409 e. The van der Waals surface area contributed by atoms with Crippen LogP contribution in [0.2, 0.25) is 0 Å². The van der Waals surface area contributed by atoms with Gasteiger partial charge in [0.2, 0.25) is 0 Å². The number of benzene rings is 1. The summed E-state index contributed by atoms with van der Waals surface area (Å²) in [5.41, 5.74) is 3.73. The minimum Gasteiger partial charge on any atom is -0.453 e. The molecular weight excluding hydrogens is 493 g/mol. The third-order valence-electron chi connectivity index (χ3n) is 6.41. The lowest BCUT2D eigenvalue weighted by Gasteiger charge is -2.31. The molecule has 4 aromatic rings. The molecule has 5 rings (SSSR count). The molecule has 0 spiro atoms. The SMILES string of the molecule is COC(=O)N1CCC[C@H](n2cc(-c3cc(Sc4ccc(F)cc4C#N)c4c(C#N)cnn4c3)c(C)n2)C1. The summed E-state index contributed by atoms with van der Waals surface area (Å²) in [6.45, 7) is 3.09. The molecule has 0 saturated carbocycles. The number of likely N-dealkylation sites (tertiary alicyclic amines) is 1. The molecule has 0 aliphatic carbocycles. The van der Waals surface area contributed by atoms with Gasteiger partial charge in [-0.3, -0.25) is 4.68 Å². The molecule has 11 heteroatoms. The van der Waals surface area contributed by atoms with Crippen LogP contribution in [0.25, 0.3) is 16.6 Å². The van der Waals surface area contributed by atoms with Gasteiger partial charge in [-0.15, -0.1) is 0 Å². The predicted octanol–water partition coefficient (Wildman–Crippen LogP) is 4.94. The molecule has 0 N–H and O–H groups in total. The molecule has 1 saturated heterocycles. The molecule has 37 heavy (non-hydrogen) atoms. The van der Waals surface area contributed by atoms with Crippen molar-refractivity contribution in [2.24, 2.45) is 0 Å². The van der Waals surface area contributed by atoms with E-state index in [0.717, 1.165) is 29.7 Å². The lowest BCUT2D eigenvalue weighted by molar-refractivity contribution is 0.101. The van der Waals surface area contributed by atoms with Gasteiger partial charge < -0.3 is 9.64 Å². The summed E-state index contributed by atoms with van der Waals surface area (Å²) >= 11 is 1.28. The summed E-state index contributed by atoms with van der Waals surface area (Å²) in [5, 5.41) is 28.3. The quantitative estimate of drug-likeness (QED) is 0.378. The first-order valence-corrected chi connectivity index (χ1v) is 12.4.